The maximum absolute atomic E-state index is 12.0. The van der Waals surface area contributed by atoms with E-state index in [4.69, 9.17) is 0 Å². The molecule has 3 rings (SSSR count). The quantitative estimate of drug-likeness (QED) is 0.821. The van der Waals surface area contributed by atoms with Gasteiger partial charge in [-0.1, -0.05) is 55.4 Å². The van der Waals surface area contributed by atoms with Gasteiger partial charge in [0.2, 0.25) is 0 Å². The number of carbonyl (C=O) groups excluding carboxylic acids is 1. The van der Waals surface area contributed by atoms with Crippen molar-refractivity contribution in [1.29, 1.82) is 0 Å². The van der Waals surface area contributed by atoms with Crippen LogP contribution in [0, 0.1) is 12.8 Å². The molecule has 2 fully saturated rings. The second-order valence-corrected chi connectivity index (χ2v) is 10.2. The first-order chi connectivity index (χ1) is 11.2. The number of fused-ring (bicyclic) bond motifs is 1. The number of nitrogens with zero attached hydrogens (tertiary/aromatic N) is 2. The summed E-state index contributed by atoms with van der Waals surface area (Å²) in [5.74, 6) is -0.00900. The van der Waals surface area contributed by atoms with Crippen LogP contribution < -0.4 is 0 Å². The maximum atomic E-state index is 12.0. The van der Waals surface area contributed by atoms with Crippen LogP contribution in [0.25, 0.3) is 0 Å². The van der Waals surface area contributed by atoms with Gasteiger partial charge < -0.3 is 4.90 Å². The van der Waals surface area contributed by atoms with Crippen LogP contribution in [0.1, 0.15) is 25.0 Å². The van der Waals surface area contributed by atoms with Gasteiger partial charge in [-0.2, -0.15) is 4.99 Å². The second-order valence-electron chi connectivity index (χ2n) is 6.80. The van der Waals surface area contributed by atoms with Crippen LogP contribution >= 0.6 is 11.8 Å². The Bertz CT molecular complexity index is 770. The van der Waals surface area contributed by atoms with Crippen LogP contribution in [0.15, 0.2) is 29.3 Å². The van der Waals surface area contributed by atoms with Gasteiger partial charge in [-0.3, -0.25) is 4.79 Å². The van der Waals surface area contributed by atoms with E-state index in [1.54, 1.807) is 0 Å². The van der Waals surface area contributed by atoms with Gasteiger partial charge in [0.15, 0.2) is 15.0 Å². The Labute approximate surface area is 147 Å². The first-order valence-electron chi connectivity index (χ1n) is 8.07. The number of carbonyl (C=O) groups is 1. The third-order valence-corrected chi connectivity index (χ3v) is 7.60. The Balaban J connectivity index is 1.89. The summed E-state index contributed by atoms with van der Waals surface area (Å²) in [5.41, 5.74) is 2.27. The summed E-state index contributed by atoms with van der Waals surface area (Å²) in [5, 5.41) is 0.637. The van der Waals surface area contributed by atoms with E-state index in [2.05, 4.69) is 4.99 Å². The lowest BCUT2D eigenvalue weighted by Gasteiger charge is -2.24. The third-order valence-electron chi connectivity index (χ3n) is 4.35. The molecule has 1 amide bonds. The minimum absolute atomic E-state index is 0.0286. The predicted octanol–water partition coefficient (Wildman–Crippen LogP) is 2.25. The van der Waals surface area contributed by atoms with E-state index >= 15 is 0 Å². The monoisotopic (exact) mass is 366 g/mol. The highest BCUT2D eigenvalue weighted by Gasteiger charge is 2.48. The molecule has 7 heteroatoms. The van der Waals surface area contributed by atoms with Gasteiger partial charge in [-0.25, -0.2) is 8.42 Å². The first-order valence-corrected chi connectivity index (χ1v) is 10.8. The summed E-state index contributed by atoms with van der Waals surface area (Å²) in [4.78, 5) is 18.3. The fraction of sp³-hybridized carbons (Fsp3) is 0.529. The molecule has 2 heterocycles. The summed E-state index contributed by atoms with van der Waals surface area (Å²) in [7, 11) is -3.01. The summed E-state index contributed by atoms with van der Waals surface area (Å²) in [6, 6.07) is 8.06. The molecular formula is C17H22N2O3S2. The molecule has 0 bridgehead atoms. The van der Waals surface area contributed by atoms with Crippen molar-refractivity contribution in [1.82, 2.24) is 4.90 Å². The van der Waals surface area contributed by atoms with E-state index in [-0.39, 0.29) is 34.6 Å². The molecule has 24 heavy (non-hydrogen) atoms. The molecular weight excluding hydrogens is 344 g/mol. The van der Waals surface area contributed by atoms with E-state index in [9.17, 15) is 13.2 Å². The van der Waals surface area contributed by atoms with E-state index in [1.165, 1.54) is 17.3 Å². The Morgan fingerprint density at radius 3 is 2.58 bits per heavy atom. The number of thioether (sulfide) groups is 1. The summed E-state index contributed by atoms with van der Waals surface area (Å²) in [6.07, 6.45) is 0. The fourth-order valence-corrected chi connectivity index (χ4v) is 6.89. The molecule has 1 aromatic carbocycles. The lowest BCUT2D eigenvalue weighted by molar-refractivity contribution is -0.120. The highest BCUT2D eigenvalue weighted by Crippen LogP contribution is 2.39. The Morgan fingerprint density at radius 1 is 1.29 bits per heavy atom. The molecule has 0 aliphatic carbocycles. The largest absolute Gasteiger partial charge is 0.342 e. The minimum Gasteiger partial charge on any atom is -0.342 e. The molecule has 0 spiro atoms. The Hall–Kier alpha value is -1.34. The molecule has 0 radical (unpaired) electrons. The lowest BCUT2D eigenvalue weighted by atomic mass is 10.1. The molecule has 2 aliphatic rings. The smallest absolute Gasteiger partial charge is 0.250 e. The van der Waals surface area contributed by atoms with Gasteiger partial charge in [0.05, 0.1) is 17.5 Å². The SMILES string of the molecule is Cc1ccc(CN2C(=NC(=O)C(C)C)SC3CS(=O)(=O)CC32)cc1. The van der Waals surface area contributed by atoms with Gasteiger partial charge in [-0.05, 0) is 12.5 Å². The van der Waals surface area contributed by atoms with Crippen molar-refractivity contribution in [2.24, 2.45) is 10.9 Å². The van der Waals surface area contributed by atoms with Crippen molar-refractivity contribution in [3.63, 3.8) is 0 Å². The molecule has 2 aliphatic heterocycles. The van der Waals surface area contributed by atoms with E-state index in [0.29, 0.717) is 11.7 Å². The minimum atomic E-state index is -3.01. The molecule has 1 aromatic rings. The maximum Gasteiger partial charge on any atom is 0.250 e. The van der Waals surface area contributed by atoms with Crippen LogP contribution in [0.3, 0.4) is 0 Å². The molecule has 5 nitrogen and oxygen atoms in total. The molecule has 2 unspecified atom stereocenters. The van der Waals surface area contributed by atoms with Crippen LogP contribution in [-0.4, -0.2) is 47.2 Å². The van der Waals surface area contributed by atoms with Crippen LogP contribution in [0.4, 0.5) is 0 Å². The number of benzene rings is 1. The number of hydrogen-bond donors (Lipinski definition) is 0. The van der Waals surface area contributed by atoms with Gasteiger partial charge in [0, 0.05) is 17.7 Å². The highest BCUT2D eigenvalue weighted by molar-refractivity contribution is 8.15. The van der Waals surface area contributed by atoms with Gasteiger partial charge in [0.25, 0.3) is 5.91 Å². The molecule has 0 aromatic heterocycles. The van der Waals surface area contributed by atoms with Gasteiger partial charge in [-0.15, -0.1) is 0 Å². The molecule has 2 atom stereocenters. The van der Waals surface area contributed by atoms with Gasteiger partial charge >= 0.3 is 0 Å². The van der Waals surface area contributed by atoms with Gasteiger partial charge in [0.1, 0.15) is 0 Å². The van der Waals surface area contributed by atoms with E-state index in [0.717, 1.165) is 5.56 Å². The zero-order valence-corrected chi connectivity index (χ0v) is 15.7. The number of hydrogen-bond acceptors (Lipinski definition) is 4. The summed E-state index contributed by atoms with van der Waals surface area (Å²) >= 11 is 1.44. The van der Waals surface area contributed by atoms with E-state index in [1.807, 2.05) is 49.9 Å². The van der Waals surface area contributed by atoms with Crippen molar-refractivity contribution < 1.29 is 13.2 Å². The predicted molar refractivity (Wildman–Crippen MR) is 97.8 cm³/mol. The first kappa shape index (κ1) is 17.5. The normalized spacial score (nSPS) is 27.0. The zero-order chi connectivity index (χ0) is 17.5. The average Bonchev–Trinajstić information content (AvgIpc) is 2.94. The summed E-state index contributed by atoms with van der Waals surface area (Å²) in [6.45, 7) is 6.25. The second kappa shape index (κ2) is 6.52. The number of amides is 1. The average molecular weight is 367 g/mol. The molecule has 2 saturated heterocycles. The van der Waals surface area contributed by atoms with E-state index < -0.39 is 9.84 Å². The molecule has 0 saturated carbocycles. The third kappa shape index (κ3) is 3.67. The number of rotatable bonds is 3. The zero-order valence-electron chi connectivity index (χ0n) is 14.1. The van der Waals surface area contributed by atoms with Crippen LogP contribution in [-0.2, 0) is 21.2 Å². The number of aliphatic imine (C=N–C) groups is 1. The van der Waals surface area contributed by atoms with Crippen molar-refractivity contribution in [2.75, 3.05) is 11.5 Å². The summed E-state index contributed by atoms with van der Waals surface area (Å²) < 4.78 is 24.0. The van der Waals surface area contributed by atoms with Crippen LogP contribution in [0.5, 0.6) is 0 Å². The number of aryl methyl sites for hydroxylation is 1. The van der Waals surface area contributed by atoms with Crippen molar-refractivity contribution >= 4 is 32.7 Å². The van der Waals surface area contributed by atoms with Crippen molar-refractivity contribution in [3.8, 4) is 0 Å². The number of sulfone groups is 1. The van der Waals surface area contributed by atoms with Crippen LogP contribution in [0.2, 0.25) is 0 Å². The topological polar surface area (TPSA) is 66.8 Å². The van der Waals surface area contributed by atoms with Crippen molar-refractivity contribution in [3.05, 3.63) is 35.4 Å². The fourth-order valence-electron chi connectivity index (χ4n) is 2.93. The standard InChI is InChI=1S/C17H22N2O3S2/c1-11(2)16(20)18-17-19(8-13-6-4-12(3)5-7-13)14-9-24(21,22)10-15(14)23-17/h4-7,11,14-15H,8-10H2,1-3H3. The number of amidine groups is 1. The Kier molecular flexibility index (Phi) is 4.75. The van der Waals surface area contributed by atoms with Crippen molar-refractivity contribution in [2.45, 2.75) is 38.6 Å². The Morgan fingerprint density at radius 2 is 1.96 bits per heavy atom. The molecule has 0 N–H and O–H groups in total. The highest BCUT2D eigenvalue weighted by atomic mass is 32.2. The molecule has 130 valence electrons. The lowest BCUT2D eigenvalue weighted by Crippen LogP contribution is -2.37.